The van der Waals surface area contributed by atoms with E-state index in [2.05, 4.69) is 4.98 Å². The number of hydrogen-bond acceptors (Lipinski definition) is 3. The van der Waals surface area contributed by atoms with Gasteiger partial charge in [-0.05, 0) is 12.0 Å². The molecule has 1 aromatic carbocycles. The molecular weight excluding hydrogens is 332 g/mol. The van der Waals surface area contributed by atoms with Crippen molar-refractivity contribution in [3.8, 4) is 0 Å². The van der Waals surface area contributed by atoms with Crippen LogP contribution in [0.15, 0.2) is 6.07 Å². The number of nitrogens with one attached hydrogen (secondary N) is 1. The van der Waals surface area contributed by atoms with E-state index in [1.807, 2.05) is 0 Å². The lowest BCUT2D eigenvalue weighted by atomic mass is 9.94. The number of aromatic amines is 1. The Morgan fingerprint density at radius 3 is 2.13 bits per heavy atom. The molecular formula is C12H9F6N3O2. The Balaban J connectivity index is 2.98. The molecule has 11 heteroatoms. The summed E-state index contributed by atoms with van der Waals surface area (Å²) >= 11 is 0. The fourth-order valence-electron chi connectivity index (χ4n) is 2.29. The Bertz CT molecular complexity index is 776. The van der Waals surface area contributed by atoms with Gasteiger partial charge in [0.15, 0.2) is 5.52 Å². The molecule has 0 radical (unpaired) electrons. The molecule has 0 aliphatic heterocycles. The van der Waals surface area contributed by atoms with Crippen LogP contribution in [0.4, 0.5) is 32.0 Å². The number of hydrogen-bond donors (Lipinski definition) is 1. The number of aromatic nitrogens is 2. The number of imidazole rings is 1. The van der Waals surface area contributed by atoms with Crippen LogP contribution < -0.4 is 0 Å². The first kappa shape index (κ1) is 17.0. The van der Waals surface area contributed by atoms with Crippen LogP contribution in [0.3, 0.4) is 0 Å². The zero-order valence-electron chi connectivity index (χ0n) is 11.6. The number of halogens is 6. The second-order valence-corrected chi connectivity index (χ2v) is 5.08. The van der Waals surface area contributed by atoms with Gasteiger partial charge in [-0.3, -0.25) is 10.1 Å². The van der Waals surface area contributed by atoms with E-state index in [9.17, 15) is 36.5 Å². The third-order valence-electron chi connectivity index (χ3n) is 3.12. The molecule has 126 valence electrons. The summed E-state index contributed by atoms with van der Waals surface area (Å²) in [5.74, 6) is -2.54. The lowest BCUT2D eigenvalue weighted by Crippen LogP contribution is -2.12. The smallest absolute Gasteiger partial charge is 0.334 e. The first-order valence-corrected chi connectivity index (χ1v) is 6.19. The number of fused-ring (bicyclic) bond motifs is 1. The van der Waals surface area contributed by atoms with Crippen molar-refractivity contribution in [3.63, 3.8) is 0 Å². The summed E-state index contributed by atoms with van der Waals surface area (Å²) in [6, 6.07) is 0.417. The molecule has 5 nitrogen and oxygen atoms in total. The van der Waals surface area contributed by atoms with Gasteiger partial charge in [0.1, 0.15) is 0 Å². The number of benzene rings is 1. The largest absolute Gasteiger partial charge is 0.449 e. The Morgan fingerprint density at radius 1 is 1.17 bits per heavy atom. The van der Waals surface area contributed by atoms with E-state index in [4.69, 9.17) is 0 Å². The van der Waals surface area contributed by atoms with Crippen molar-refractivity contribution in [3.05, 3.63) is 33.1 Å². The van der Waals surface area contributed by atoms with Crippen molar-refractivity contribution in [2.24, 2.45) is 0 Å². The van der Waals surface area contributed by atoms with Crippen molar-refractivity contribution >= 4 is 16.7 Å². The molecule has 0 unspecified atom stereocenters. The standard InChI is InChI=1S/C12H9F6N3O2/c1-4(2)7-5(11(13,14)15)3-6-8(9(7)21(22)23)20-10(19-6)12(16,17)18/h3-4H,1-2H3,(H,19,20). The van der Waals surface area contributed by atoms with Crippen LogP contribution in [-0.2, 0) is 12.4 Å². The molecule has 2 rings (SSSR count). The molecule has 0 spiro atoms. The number of nitrogens with zero attached hydrogens (tertiary/aromatic N) is 2. The Hall–Kier alpha value is -2.33. The third-order valence-corrected chi connectivity index (χ3v) is 3.12. The van der Waals surface area contributed by atoms with Crippen molar-refractivity contribution < 1.29 is 31.3 Å². The van der Waals surface area contributed by atoms with Crippen LogP contribution in [0.2, 0.25) is 0 Å². The molecule has 0 aliphatic rings. The molecule has 2 aromatic rings. The number of rotatable bonds is 2. The lowest BCUT2D eigenvalue weighted by molar-refractivity contribution is -0.384. The Kier molecular flexibility index (Phi) is 3.78. The van der Waals surface area contributed by atoms with Crippen LogP contribution in [0, 0.1) is 10.1 Å². The molecule has 0 amide bonds. The summed E-state index contributed by atoms with van der Waals surface area (Å²) in [5.41, 5.74) is -4.57. The number of nitro benzene ring substituents is 1. The summed E-state index contributed by atoms with van der Waals surface area (Å²) in [7, 11) is 0. The quantitative estimate of drug-likeness (QED) is 0.492. The highest BCUT2D eigenvalue weighted by atomic mass is 19.4. The fraction of sp³-hybridized carbons (Fsp3) is 0.417. The molecule has 1 N–H and O–H groups in total. The van der Waals surface area contributed by atoms with Gasteiger partial charge >= 0.3 is 18.0 Å². The highest BCUT2D eigenvalue weighted by Gasteiger charge is 2.42. The zero-order chi connectivity index (χ0) is 17.7. The van der Waals surface area contributed by atoms with Crippen molar-refractivity contribution in [1.82, 2.24) is 9.97 Å². The molecule has 1 heterocycles. The second-order valence-electron chi connectivity index (χ2n) is 5.08. The van der Waals surface area contributed by atoms with E-state index in [0.29, 0.717) is 6.07 Å². The van der Waals surface area contributed by atoms with Crippen molar-refractivity contribution in [2.45, 2.75) is 32.1 Å². The minimum absolute atomic E-state index is 0.417. The molecule has 0 fully saturated rings. The SMILES string of the molecule is CC(C)c1c(C(F)(F)F)cc2[nH]c(C(F)(F)F)nc2c1[N+](=O)[O-]. The van der Waals surface area contributed by atoms with Gasteiger partial charge in [-0.2, -0.15) is 26.3 Å². The molecule has 0 saturated heterocycles. The van der Waals surface area contributed by atoms with E-state index < -0.39 is 56.9 Å². The third kappa shape index (κ3) is 2.94. The lowest BCUT2D eigenvalue weighted by Gasteiger charge is -2.15. The summed E-state index contributed by atoms with van der Waals surface area (Å²) in [6.45, 7) is 2.56. The van der Waals surface area contributed by atoms with Gasteiger partial charge in [0.05, 0.1) is 16.0 Å². The minimum atomic E-state index is -4.97. The van der Waals surface area contributed by atoms with Crippen LogP contribution >= 0.6 is 0 Å². The molecule has 0 saturated carbocycles. The number of alkyl halides is 6. The van der Waals surface area contributed by atoms with Gasteiger partial charge in [-0.15, -0.1) is 0 Å². The molecule has 0 aliphatic carbocycles. The van der Waals surface area contributed by atoms with Gasteiger partial charge < -0.3 is 4.98 Å². The first-order valence-electron chi connectivity index (χ1n) is 6.19. The highest BCUT2D eigenvalue weighted by molar-refractivity contribution is 5.88. The highest BCUT2D eigenvalue weighted by Crippen LogP contribution is 2.44. The molecule has 0 atom stereocenters. The number of H-pyrrole nitrogens is 1. The Labute approximate surface area is 124 Å². The first-order chi connectivity index (χ1) is 10.3. The van der Waals surface area contributed by atoms with Gasteiger partial charge in [-0.25, -0.2) is 4.98 Å². The molecule has 0 bridgehead atoms. The summed E-state index contributed by atoms with van der Waals surface area (Å²) in [5, 5.41) is 11.2. The Morgan fingerprint density at radius 2 is 1.74 bits per heavy atom. The van der Waals surface area contributed by atoms with Gasteiger partial charge in [0.2, 0.25) is 5.82 Å². The van der Waals surface area contributed by atoms with Crippen molar-refractivity contribution in [1.29, 1.82) is 0 Å². The predicted molar refractivity (Wildman–Crippen MR) is 66.8 cm³/mol. The summed E-state index contributed by atoms with van der Waals surface area (Å²) in [6.07, 6.45) is -9.93. The maximum Gasteiger partial charge on any atom is 0.449 e. The average molecular weight is 341 g/mol. The topological polar surface area (TPSA) is 71.8 Å². The van der Waals surface area contributed by atoms with Gasteiger partial charge in [0.25, 0.3) is 0 Å². The minimum Gasteiger partial charge on any atom is -0.334 e. The summed E-state index contributed by atoms with van der Waals surface area (Å²) < 4.78 is 77.4. The van der Waals surface area contributed by atoms with Crippen LogP contribution in [0.5, 0.6) is 0 Å². The monoisotopic (exact) mass is 341 g/mol. The van der Waals surface area contributed by atoms with Gasteiger partial charge in [0, 0.05) is 5.56 Å². The van der Waals surface area contributed by atoms with E-state index in [1.54, 1.807) is 4.98 Å². The maximum atomic E-state index is 13.1. The van der Waals surface area contributed by atoms with Crippen LogP contribution in [0.1, 0.15) is 36.7 Å². The van der Waals surface area contributed by atoms with Crippen LogP contribution in [0.25, 0.3) is 11.0 Å². The van der Waals surface area contributed by atoms with E-state index >= 15 is 0 Å². The van der Waals surface area contributed by atoms with E-state index in [-0.39, 0.29) is 0 Å². The average Bonchev–Trinajstić information content (AvgIpc) is 2.77. The molecule has 1 aromatic heterocycles. The number of nitro groups is 1. The van der Waals surface area contributed by atoms with Crippen LogP contribution in [-0.4, -0.2) is 14.9 Å². The predicted octanol–water partition coefficient (Wildman–Crippen LogP) is 4.63. The van der Waals surface area contributed by atoms with Crippen molar-refractivity contribution in [2.75, 3.05) is 0 Å². The summed E-state index contributed by atoms with van der Waals surface area (Å²) in [4.78, 5) is 14.8. The second kappa shape index (κ2) is 5.10. The maximum absolute atomic E-state index is 13.1. The van der Waals surface area contributed by atoms with E-state index in [0.717, 1.165) is 0 Å². The fourth-order valence-corrected chi connectivity index (χ4v) is 2.29. The molecule has 23 heavy (non-hydrogen) atoms. The van der Waals surface area contributed by atoms with Gasteiger partial charge in [-0.1, -0.05) is 13.8 Å². The normalized spacial score (nSPS) is 13.1. The van der Waals surface area contributed by atoms with E-state index in [1.165, 1.54) is 13.8 Å². The zero-order valence-corrected chi connectivity index (χ0v) is 11.6.